The molecule has 0 spiro atoms. The molecule has 0 fully saturated rings. The van der Waals surface area contributed by atoms with E-state index in [0.717, 1.165) is 6.07 Å². The van der Waals surface area contributed by atoms with Crippen molar-refractivity contribution < 1.29 is 9.18 Å². The van der Waals surface area contributed by atoms with E-state index in [1.165, 1.54) is 18.2 Å². The van der Waals surface area contributed by atoms with Gasteiger partial charge in [0.25, 0.3) is 0 Å². The second-order valence-corrected chi connectivity index (χ2v) is 2.19. The molecule has 0 aliphatic rings. The van der Waals surface area contributed by atoms with Crippen LogP contribution in [0.5, 0.6) is 0 Å². The van der Waals surface area contributed by atoms with Crippen molar-refractivity contribution in [3.63, 3.8) is 0 Å². The maximum atomic E-state index is 12.6. The summed E-state index contributed by atoms with van der Waals surface area (Å²) in [7, 11) is 0. The fraction of sp³-hybridized carbons (Fsp3) is 0. The highest BCUT2D eigenvalue weighted by atomic mass is 19.1. The molecular weight excluding hydrogens is 161 g/mol. The van der Waals surface area contributed by atoms with E-state index in [4.69, 9.17) is 11.6 Å². The molecule has 0 radical (unpaired) electrons. The predicted molar refractivity (Wildman–Crippen MR) is 42.6 cm³/mol. The first kappa shape index (κ1) is 8.48. The number of primary amides is 1. The number of carbonyl (C=O) groups excluding carboxylic acids is 1. The molecular formula is C7H8FN3O. The first-order valence-electron chi connectivity index (χ1n) is 3.21. The van der Waals surface area contributed by atoms with Crippen LogP contribution >= 0.6 is 0 Å². The number of nitrogens with zero attached hydrogens (tertiary/aromatic N) is 1. The molecule has 0 aromatic heterocycles. The van der Waals surface area contributed by atoms with Gasteiger partial charge in [0.05, 0.1) is 5.69 Å². The van der Waals surface area contributed by atoms with Crippen molar-refractivity contribution in [1.82, 2.24) is 0 Å². The van der Waals surface area contributed by atoms with E-state index in [-0.39, 0.29) is 5.69 Å². The molecule has 0 saturated heterocycles. The average Bonchev–Trinajstić information content (AvgIpc) is 2.03. The lowest BCUT2D eigenvalue weighted by Gasteiger charge is -2.12. The minimum absolute atomic E-state index is 0.225. The summed E-state index contributed by atoms with van der Waals surface area (Å²) in [5, 5.41) is 0.670. The largest absolute Gasteiger partial charge is 0.350 e. The summed E-state index contributed by atoms with van der Waals surface area (Å²) >= 11 is 0. The van der Waals surface area contributed by atoms with Gasteiger partial charge in [-0.1, -0.05) is 6.07 Å². The van der Waals surface area contributed by atoms with E-state index in [2.05, 4.69) is 0 Å². The summed E-state index contributed by atoms with van der Waals surface area (Å²) in [6, 6.07) is 4.45. The highest BCUT2D eigenvalue weighted by Crippen LogP contribution is 2.11. The maximum Gasteiger partial charge on any atom is 0.333 e. The Bertz CT molecular complexity index is 302. The van der Waals surface area contributed by atoms with Crippen LogP contribution in [0.2, 0.25) is 0 Å². The van der Waals surface area contributed by atoms with Crippen molar-refractivity contribution in [2.24, 2.45) is 11.6 Å². The van der Waals surface area contributed by atoms with E-state index in [9.17, 15) is 9.18 Å². The molecule has 0 atom stereocenters. The number of hydrogen-bond acceptors (Lipinski definition) is 2. The molecule has 0 unspecified atom stereocenters. The number of carbonyl (C=O) groups is 1. The van der Waals surface area contributed by atoms with Gasteiger partial charge in [0.15, 0.2) is 0 Å². The standard InChI is InChI=1S/C7H8FN3O/c8-5-2-1-3-6(4-5)11(10)7(9)12/h1-4H,10H2,(H2,9,12). The van der Waals surface area contributed by atoms with Gasteiger partial charge < -0.3 is 5.73 Å². The Hall–Kier alpha value is -1.62. The van der Waals surface area contributed by atoms with Gasteiger partial charge in [-0.15, -0.1) is 0 Å². The van der Waals surface area contributed by atoms with E-state index in [0.29, 0.717) is 5.01 Å². The molecule has 0 saturated carbocycles. The molecule has 2 amide bonds. The lowest BCUT2D eigenvalue weighted by atomic mass is 10.3. The first-order valence-corrected chi connectivity index (χ1v) is 3.21. The van der Waals surface area contributed by atoms with Gasteiger partial charge >= 0.3 is 6.03 Å². The number of halogens is 1. The van der Waals surface area contributed by atoms with Gasteiger partial charge in [-0.3, -0.25) is 0 Å². The third-order valence-electron chi connectivity index (χ3n) is 1.32. The van der Waals surface area contributed by atoms with Gasteiger partial charge in [0.2, 0.25) is 0 Å². The molecule has 1 rings (SSSR count). The fourth-order valence-electron chi connectivity index (χ4n) is 0.753. The molecule has 4 nitrogen and oxygen atoms in total. The number of anilines is 1. The number of hydrazine groups is 1. The lowest BCUT2D eigenvalue weighted by Crippen LogP contribution is -2.41. The van der Waals surface area contributed by atoms with Crippen LogP contribution < -0.4 is 16.6 Å². The molecule has 0 heterocycles. The number of benzene rings is 1. The number of nitrogens with two attached hydrogens (primary N) is 2. The first-order chi connectivity index (χ1) is 5.61. The van der Waals surface area contributed by atoms with E-state index in [1.54, 1.807) is 0 Å². The second-order valence-electron chi connectivity index (χ2n) is 2.19. The Labute approximate surface area is 68.5 Å². The summed E-state index contributed by atoms with van der Waals surface area (Å²) in [6.07, 6.45) is 0. The molecule has 0 bridgehead atoms. The summed E-state index contributed by atoms with van der Waals surface area (Å²) in [5.41, 5.74) is 5.08. The molecule has 5 heteroatoms. The van der Waals surface area contributed by atoms with Crippen molar-refractivity contribution >= 4 is 11.7 Å². The normalized spacial score (nSPS) is 9.50. The molecule has 0 aliphatic carbocycles. The van der Waals surface area contributed by atoms with Crippen molar-refractivity contribution in [1.29, 1.82) is 0 Å². The number of amides is 2. The van der Waals surface area contributed by atoms with Gasteiger partial charge in [-0.2, -0.15) is 0 Å². The predicted octanol–water partition coefficient (Wildman–Crippen LogP) is 0.585. The Morgan fingerprint density at radius 1 is 1.50 bits per heavy atom. The van der Waals surface area contributed by atoms with Crippen molar-refractivity contribution in [2.75, 3.05) is 5.01 Å². The summed E-state index contributed by atoms with van der Waals surface area (Å²) < 4.78 is 12.6. The molecule has 12 heavy (non-hydrogen) atoms. The van der Waals surface area contributed by atoms with Crippen LogP contribution in [0.1, 0.15) is 0 Å². The van der Waals surface area contributed by atoms with Gasteiger partial charge in [0.1, 0.15) is 5.82 Å². The third-order valence-corrected chi connectivity index (χ3v) is 1.32. The van der Waals surface area contributed by atoms with Crippen molar-refractivity contribution in [3.05, 3.63) is 30.1 Å². The molecule has 4 N–H and O–H groups in total. The molecule has 1 aromatic carbocycles. The van der Waals surface area contributed by atoms with Crippen molar-refractivity contribution in [3.8, 4) is 0 Å². The van der Waals surface area contributed by atoms with E-state index in [1.807, 2.05) is 0 Å². The highest BCUT2D eigenvalue weighted by molar-refractivity contribution is 5.89. The van der Waals surface area contributed by atoms with E-state index >= 15 is 0 Å². The maximum absolute atomic E-state index is 12.6. The smallest absolute Gasteiger partial charge is 0.333 e. The number of urea groups is 1. The zero-order chi connectivity index (χ0) is 9.14. The zero-order valence-electron chi connectivity index (χ0n) is 6.20. The summed E-state index contributed by atoms with van der Waals surface area (Å²) in [6.45, 7) is 0. The number of rotatable bonds is 1. The van der Waals surface area contributed by atoms with Crippen molar-refractivity contribution in [2.45, 2.75) is 0 Å². The van der Waals surface area contributed by atoms with Crippen LogP contribution in [0.3, 0.4) is 0 Å². The van der Waals surface area contributed by atoms with Crippen LogP contribution in [0.4, 0.5) is 14.9 Å². The van der Waals surface area contributed by atoms with E-state index < -0.39 is 11.8 Å². The molecule has 64 valence electrons. The lowest BCUT2D eigenvalue weighted by molar-refractivity contribution is 0.254. The zero-order valence-corrected chi connectivity index (χ0v) is 6.20. The van der Waals surface area contributed by atoms with Gasteiger partial charge in [-0.25, -0.2) is 20.0 Å². The Morgan fingerprint density at radius 2 is 2.17 bits per heavy atom. The van der Waals surface area contributed by atoms with Crippen LogP contribution in [-0.2, 0) is 0 Å². The monoisotopic (exact) mass is 169 g/mol. The van der Waals surface area contributed by atoms with Crippen LogP contribution in [0.25, 0.3) is 0 Å². The second kappa shape index (κ2) is 3.19. The van der Waals surface area contributed by atoms with Gasteiger partial charge in [-0.05, 0) is 18.2 Å². The quantitative estimate of drug-likeness (QED) is 0.366. The Balaban J connectivity index is 2.95. The minimum atomic E-state index is -0.833. The number of hydrogen-bond donors (Lipinski definition) is 2. The van der Waals surface area contributed by atoms with Crippen LogP contribution in [-0.4, -0.2) is 6.03 Å². The topological polar surface area (TPSA) is 72.4 Å². The summed E-state index contributed by atoms with van der Waals surface area (Å²) in [4.78, 5) is 10.5. The Morgan fingerprint density at radius 3 is 2.67 bits per heavy atom. The van der Waals surface area contributed by atoms with Crippen LogP contribution in [0.15, 0.2) is 24.3 Å². The molecule has 0 aliphatic heterocycles. The fourth-order valence-corrected chi connectivity index (χ4v) is 0.753. The SMILES string of the molecule is NC(=O)N(N)c1cccc(F)c1. The molecule has 1 aromatic rings. The van der Waals surface area contributed by atoms with Crippen LogP contribution in [0, 0.1) is 5.82 Å². The minimum Gasteiger partial charge on any atom is -0.350 e. The Kier molecular flexibility index (Phi) is 2.25. The van der Waals surface area contributed by atoms with Gasteiger partial charge in [0, 0.05) is 0 Å². The average molecular weight is 169 g/mol. The summed E-state index contributed by atoms with van der Waals surface area (Å²) in [5.74, 6) is 4.73. The highest BCUT2D eigenvalue weighted by Gasteiger charge is 2.06. The third kappa shape index (κ3) is 1.70.